The van der Waals surface area contributed by atoms with E-state index >= 15 is 0 Å². The van der Waals surface area contributed by atoms with E-state index in [0.717, 1.165) is 11.0 Å². The maximum absolute atomic E-state index is 3.46. The second kappa shape index (κ2) is 8.93. The average molecular weight is 272 g/mol. The van der Waals surface area contributed by atoms with Crippen LogP contribution in [-0.4, -0.2) is 6.04 Å². The first-order valence-corrected chi connectivity index (χ1v) is 6.49. The minimum Gasteiger partial charge on any atom is -0.310 e. The molecule has 0 aliphatic carbocycles. The summed E-state index contributed by atoms with van der Waals surface area (Å²) >= 11 is 3.46. The van der Waals surface area contributed by atoms with Crippen LogP contribution in [0.1, 0.15) is 39.7 Å². The van der Waals surface area contributed by atoms with E-state index in [4.69, 9.17) is 0 Å². The lowest BCUT2D eigenvalue weighted by molar-refractivity contribution is 0.534. The molecular formula is C13H22BrN. The van der Waals surface area contributed by atoms with Gasteiger partial charge in [-0.15, -0.1) is 0 Å². The van der Waals surface area contributed by atoms with Crippen molar-refractivity contribution in [3.63, 3.8) is 0 Å². The fraction of sp³-hybridized carbons (Fsp3) is 0.538. The van der Waals surface area contributed by atoms with Crippen LogP contribution in [0.15, 0.2) is 28.7 Å². The lowest BCUT2D eigenvalue weighted by Crippen LogP contribution is -2.24. The van der Waals surface area contributed by atoms with Crippen molar-refractivity contribution in [1.29, 1.82) is 0 Å². The van der Waals surface area contributed by atoms with Crippen molar-refractivity contribution in [2.24, 2.45) is 0 Å². The Balaban J connectivity index is 0.000000921. The zero-order valence-corrected chi connectivity index (χ0v) is 11.8. The van der Waals surface area contributed by atoms with Crippen molar-refractivity contribution in [2.75, 3.05) is 0 Å². The van der Waals surface area contributed by atoms with Crippen LogP contribution in [0.25, 0.3) is 0 Å². The Labute approximate surface area is 102 Å². The molecule has 0 aliphatic rings. The third kappa shape index (κ3) is 6.69. The van der Waals surface area contributed by atoms with Gasteiger partial charge in [0.2, 0.25) is 0 Å². The molecule has 0 heterocycles. The van der Waals surface area contributed by atoms with E-state index in [1.165, 1.54) is 12.0 Å². The largest absolute Gasteiger partial charge is 0.310 e. The summed E-state index contributed by atoms with van der Waals surface area (Å²) in [6.45, 7) is 9.35. The normalized spacial score (nSPS) is 11.5. The van der Waals surface area contributed by atoms with E-state index < -0.39 is 0 Å². The second-order valence-corrected chi connectivity index (χ2v) is 4.24. The molecule has 1 unspecified atom stereocenters. The van der Waals surface area contributed by atoms with Gasteiger partial charge in [-0.2, -0.15) is 0 Å². The van der Waals surface area contributed by atoms with Gasteiger partial charge < -0.3 is 5.32 Å². The predicted octanol–water partition coefficient (Wildman–Crippen LogP) is 4.36. The van der Waals surface area contributed by atoms with Gasteiger partial charge in [-0.05, 0) is 31.0 Å². The van der Waals surface area contributed by atoms with Crippen LogP contribution < -0.4 is 5.32 Å². The molecule has 86 valence electrons. The summed E-state index contributed by atoms with van der Waals surface area (Å²) in [6.07, 6.45) is 1.17. The van der Waals surface area contributed by atoms with E-state index in [1.807, 2.05) is 19.9 Å². The van der Waals surface area contributed by atoms with Gasteiger partial charge in [0.05, 0.1) is 0 Å². The first-order valence-electron chi connectivity index (χ1n) is 5.70. The average Bonchev–Trinajstić information content (AvgIpc) is 2.29. The number of nitrogens with one attached hydrogen (secondary N) is 1. The molecule has 1 N–H and O–H groups in total. The van der Waals surface area contributed by atoms with Crippen LogP contribution in [-0.2, 0) is 6.54 Å². The van der Waals surface area contributed by atoms with Crippen LogP contribution in [0.2, 0.25) is 0 Å². The van der Waals surface area contributed by atoms with Crippen LogP contribution >= 0.6 is 15.9 Å². The molecule has 1 rings (SSSR count). The molecule has 2 heteroatoms. The molecule has 0 bridgehead atoms. The Kier molecular flexibility index (Phi) is 8.73. The molecule has 0 aromatic heterocycles. The lowest BCUT2D eigenvalue weighted by Gasteiger charge is -2.10. The molecule has 1 nitrogen and oxygen atoms in total. The molecule has 0 spiro atoms. The van der Waals surface area contributed by atoms with Gasteiger partial charge >= 0.3 is 0 Å². The SMILES string of the molecule is CC.CCC(C)NCc1cccc(Br)c1. The summed E-state index contributed by atoms with van der Waals surface area (Å²) in [6, 6.07) is 9.00. The van der Waals surface area contributed by atoms with E-state index in [-0.39, 0.29) is 0 Å². The Bertz CT molecular complexity index is 260. The lowest BCUT2D eigenvalue weighted by atomic mass is 10.2. The third-order valence-corrected chi connectivity index (χ3v) is 2.65. The van der Waals surface area contributed by atoms with Gasteiger partial charge in [-0.3, -0.25) is 0 Å². The Morgan fingerprint density at radius 2 is 2.00 bits per heavy atom. The maximum Gasteiger partial charge on any atom is 0.0208 e. The van der Waals surface area contributed by atoms with Gasteiger partial charge in [0.25, 0.3) is 0 Å². The van der Waals surface area contributed by atoms with Gasteiger partial charge in [0.15, 0.2) is 0 Å². The molecule has 0 radical (unpaired) electrons. The van der Waals surface area contributed by atoms with Crippen molar-refractivity contribution >= 4 is 15.9 Å². The smallest absolute Gasteiger partial charge is 0.0208 e. The van der Waals surface area contributed by atoms with Crippen LogP contribution in [0, 0.1) is 0 Å². The minimum absolute atomic E-state index is 0.596. The summed E-state index contributed by atoms with van der Waals surface area (Å²) in [7, 11) is 0. The molecule has 0 saturated carbocycles. The monoisotopic (exact) mass is 271 g/mol. The molecule has 1 aromatic rings. The highest BCUT2D eigenvalue weighted by Gasteiger charge is 1.97. The number of hydrogen-bond acceptors (Lipinski definition) is 1. The maximum atomic E-state index is 3.46. The molecule has 1 aromatic carbocycles. The summed E-state index contributed by atoms with van der Waals surface area (Å²) in [5, 5.41) is 3.45. The number of benzene rings is 1. The topological polar surface area (TPSA) is 12.0 Å². The Morgan fingerprint density at radius 1 is 1.33 bits per heavy atom. The number of halogens is 1. The van der Waals surface area contributed by atoms with Crippen molar-refractivity contribution in [3.8, 4) is 0 Å². The third-order valence-electron chi connectivity index (χ3n) is 2.16. The Hall–Kier alpha value is -0.340. The summed E-state index contributed by atoms with van der Waals surface area (Å²) in [5.41, 5.74) is 1.33. The van der Waals surface area contributed by atoms with Crippen LogP contribution in [0.4, 0.5) is 0 Å². The van der Waals surface area contributed by atoms with Gasteiger partial charge in [0, 0.05) is 17.1 Å². The minimum atomic E-state index is 0.596. The van der Waals surface area contributed by atoms with Crippen LogP contribution in [0.3, 0.4) is 0 Å². The van der Waals surface area contributed by atoms with Crippen LogP contribution in [0.5, 0.6) is 0 Å². The van der Waals surface area contributed by atoms with E-state index in [9.17, 15) is 0 Å². The molecule has 0 amide bonds. The van der Waals surface area contributed by atoms with Crippen molar-refractivity contribution in [3.05, 3.63) is 34.3 Å². The van der Waals surface area contributed by atoms with Gasteiger partial charge in [-0.1, -0.05) is 48.8 Å². The summed E-state index contributed by atoms with van der Waals surface area (Å²) in [5.74, 6) is 0. The number of hydrogen-bond donors (Lipinski definition) is 1. The number of rotatable bonds is 4. The fourth-order valence-corrected chi connectivity index (χ4v) is 1.53. The van der Waals surface area contributed by atoms with Crippen molar-refractivity contribution in [2.45, 2.75) is 46.7 Å². The highest BCUT2D eigenvalue weighted by Crippen LogP contribution is 2.11. The standard InChI is InChI=1S/C11H16BrN.C2H6/c1-3-9(2)13-8-10-5-4-6-11(12)7-10;1-2/h4-7,9,13H,3,8H2,1-2H3;1-2H3. The zero-order valence-electron chi connectivity index (χ0n) is 10.2. The molecule has 0 fully saturated rings. The van der Waals surface area contributed by atoms with Gasteiger partial charge in [-0.25, -0.2) is 0 Å². The van der Waals surface area contributed by atoms with Crippen molar-refractivity contribution < 1.29 is 0 Å². The van der Waals surface area contributed by atoms with Crippen molar-refractivity contribution in [1.82, 2.24) is 5.32 Å². The second-order valence-electron chi connectivity index (χ2n) is 3.32. The molecular weight excluding hydrogens is 250 g/mol. The summed E-state index contributed by atoms with van der Waals surface area (Å²) < 4.78 is 1.15. The quantitative estimate of drug-likeness (QED) is 0.858. The van der Waals surface area contributed by atoms with E-state index in [0.29, 0.717) is 6.04 Å². The summed E-state index contributed by atoms with van der Waals surface area (Å²) in [4.78, 5) is 0. The van der Waals surface area contributed by atoms with E-state index in [2.05, 4.69) is 53.3 Å². The zero-order chi connectivity index (χ0) is 11.7. The highest BCUT2D eigenvalue weighted by atomic mass is 79.9. The first-order chi connectivity index (χ1) is 7.22. The molecule has 0 aliphatic heterocycles. The van der Waals surface area contributed by atoms with Gasteiger partial charge in [0.1, 0.15) is 0 Å². The predicted molar refractivity (Wildman–Crippen MR) is 72.1 cm³/mol. The van der Waals surface area contributed by atoms with E-state index in [1.54, 1.807) is 0 Å². The highest BCUT2D eigenvalue weighted by molar-refractivity contribution is 9.10. The first kappa shape index (κ1) is 14.7. The molecule has 15 heavy (non-hydrogen) atoms. The molecule has 0 saturated heterocycles. The Morgan fingerprint density at radius 3 is 2.53 bits per heavy atom. The fourth-order valence-electron chi connectivity index (χ4n) is 1.08. The molecule has 1 atom stereocenters.